The molecule has 0 amide bonds. The van der Waals surface area contributed by atoms with Crippen molar-refractivity contribution in [3.8, 4) is 0 Å². The zero-order valence-electron chi connectivity index (χ0n) is 6.55. The molecule has 0 unspecified atom stereocenters. The first-order valence-corrected chi connectivity index (χ1v) is 4.78. The molecule has 2 heteroatoms. The molecule has 0 fully saturated rings. The van der Waals surface area contributed by atoms with E-state index in [-0.39, 0.29) is 0 Å². The molecule has 1 aromatic carbocycles. The summed E-state index contributed by atoms with van der Waals surface area (Å²) in [7, 11) is 0. The van der Waals surface area contributed by atoms with Crippen molar-refractivity contribution in [2.45, 2.75) is 18.2 Å². The van der Waals surface area contributed by atoms with Gasteiger partial charge in [0, 0.05) is 16.3 Å². The molecule has 0 bridgehead atoms. The third kappa shape index (κ3) is 1.11. The molecule has 1 heterocycles. The van der Waals surface area contributed by atoms with Crippen molar-refractivity contribution in [2.75, 3.05) is 11.5 Å². The highest BCUT2D eigenvalue weighted by molar-refractivity contribution is 7.99. The van der Waals surface area contributed by atoms with Crippen molar-refractivity contribution >= 4 is 17.4 Å². The Morgan fingerprint density at radius 3 is 3.09 bits per heavy atom. The Kier molecular flexibility index (Phi) is 1.57. The van der Waals surface area contributed by atoms with Crippen LogP contribution in [0.5, 0.6) is 0 Å². The summed E-state index contributed by atoms with van der Waals surface area (Å²) in [5, 5.41) is 0. The van der Waals surface area contributed by atoms with Crippen LogP contribution in [0.4, 0.5) is 5.69 Å². The number of fused-ring (bicyclic) bond motifs is 1. The lowest BCUT2D eigenvalue weighted by atomic mass is 10.1. The van der Waals surface area contributed by atoms with Gasteiger partial charge in [0.2, 0.25) is 0 Å². The maximum Gasteiger partial charge on any atom is 0.0355 e. The minimum atomic E-state index is 0.929. The number of rotatable bonds is 0. The smallest absolute Gasteiger partial charge is 0.0355 e. The molecule has 1 aliphatic rings. The second kappa shape index (κ2) is 2.45. The van der Waals surface area contributed by atoms with Crippen LogP contribution < -0.4 is 5.73 Å². The van der Waals surface area contributed by atoms with Crippen molar-refractivity contribution in [3.05, 3.63) is 23.3 Å². The Labute approximate surface area is 71.0 Å². The molecule has 0 radical (unpaired) electrons. The van der Waals surface area contributed by atoms with Gasteiger partial charge in [0.15, 0.2) is 0 Å². The van der Waals surface area contributed by atoms with E-state index in [1.54, 1.807) is 0 Å². The second-order valence-electron chi connectivity index (χ2n) is 2.91. The summed E-state index contributed by atoms with van der Waals surface area (Å²) in [5.74, 6) is 1.22. The van der Waals surface area contributed by atoms with Crippen molar-refractivity contribution < 1.29 is 0 Å². The predicted molar refractivity (Wildman–Crippen MR) is 50.0 cm³/mol. The van der Waals surface area contributed by atoms with Gasteiger partial charge in [0.05, 0.1) is 0 Å². The number of benzene rings is 1. The van der Waals surface area contributed by atoms with Crippen LogP contribution in [0.1, 0.15) is 11.1 Å². The number of thioether (sulfide) groups is 1. The number of hydrogen-bond acceptors (Lipinski definition) is 2. The summed E-state index contributed by atoms with van der Waals surface area (Å²) in [6.07, 6.45) is 1.21. The minimum absolute atomic E-state index is 0.929. The fourth-order valence-electron chi connectivity index (χ4n) is 1.36. The van der Waals surface area contributed by atoms with Gasteiger partial charge >= 0.3 is 0 Å². The molecule has 0 saturated carbocycles. The van der Waals surface area contributed by atoms with Crippen LogP contribution in [-0.4, -0.2) is 5.75 Å². The number of nitrogens with two attached hydrogens (primary N) is 1. The Balaban J connectivity index is 2.57. The fourth-order valence-corrected chi connectivity index (χ4v) is 2.46. The molecule has 2 N–H and O–H groups in total. The van der Waals surface area contributed by atoms with Gasteiger partial charge < -0.3 is 5.73 Å². The summed E-state index contributed by atoms with van der Waals surface area (Å²) < 4.78 is 0. The fraction of sp³-hybridized carbons (Fsp3) is 0.333. The molecule has 1 aliphatic heterocycles. The molecule has 0 aliphatic carbocycles. The van der Waals surface area contributed by atoms with E-state index in [0.29, 0.717) is 0 Å². The third-order valence-electron chi connectivity index (χ3n) is 2.08. The zero-order chi connectivity index (χ0) is 7.84. The first-order valence-electron chi connectivity index (χ1n) is 3.79. The van der Waals surface area contributed by atoms with Gasteiger partial charge in [-0.15, -0.1) is 11.8 Å². The lowest BCUT2D eigenvalue weighted by molar-refractivity contribution is 1.14. The monoisotopic (exact) mass is 165 g/mol. The first-order chi connectivity index (χ1) is 5.27. The lowest BCUT2D eigenvalue weighted by Crippen LogP contribution is -1.91. The second-order valence-corrected chi connectivity index (χ2v) is 4.05. The summed E-state index contributed by atoms with van der Waals surface area (Å²) >= 11 is 1.91. The highest BCUT2D eigenvalue weighted by Crippen LogP contribution is 2.33. The van der Waals surface area contributed by atoms with Gasteiger partial charge in [-0.25, -0.2) is 0 Å². The first kappa shape index (κ1) is 7.04. The predicted octanol–water partition coefficient (Wildman–Crippen LogP) is 2.23. The lowest BCUT2D eigenvalue weighted by Gasteiger charge is -2.03. The number of hydrogen-bond donors (Lipinski definition) is 1. The third-order valence-corrected chi connectivity index (χ3v) is 3.18. The quantitative estimate of drug-likeness (QED) is 0.596. The Morgan fingerprint density at radius 1 is 1.45 bits per heavy atom. The van der Waals surface area contributed by atoms with Crippen molar-refractivity contribution in [1.82, 2.24) is 0 Å². The summed E-state index contributed by atoms with van der Waals surface area (Å²) in [6, 6.07) is 4.31. The largest absolute Gasteiger partial charge is 0.398 e. The number of nitrogen functional groups attached to an aromatic ring is 1. The molecule has 11 heavy (non-hydrogen) atoms. The van der Waals surface area contributed by atoms with Crippen LogP contribution >= 0.6 is 11.8 Å². The van der Waals surface area contributed by atoms with Gasteiger partial charge in [-0.3, -0.25) is 0 Å². The van der Waals surface area contributed by atoms with Gasteiger partial charge in [-0.1, -0.05) is 6.07 Å². The van der Waals surface area contributed by atoms with Crippen molar-refractivity contribution in [3.63, 3.8) is 0 Å². The maximum absolute atomic E-state index is 5.78. The van der Waals surface area contributed by atoms with Crippen molar-refractivity contribution in [2.24, 2.45) is 0 Å². The van der Waals surface area contributed by atoms with E-state index in [1.807, 2.05) is 11.8 Å². The summed E-state index contributed by atoms with van der Waals surface area (Å²) in [4.78, 5) is 1.38. The van der Waals surface area contributed by atoms with Crippen LogP contribution in [0.15, 0.2) is 17.0 Å². The molecule has 1 aromatic rings. The van der Waals surface area contributed by atoms with Crippen LogP contribution in [0.2, 0.25) is 0 Å². The van der Waals surface area contributed by atoms with E-state index in [1.165, 1.54) is 28.2 Å². The molecule has 0 aromatic heterocycles. The van der Waals surface area contributed by atoms with Gasteiger partial charge in [-0.05, 0) is 30.5 Å². The van der Waals surface area contributed by atoms with Crippen LogP contribution in [0, 0.1) is 6.92 Å². The SMILES string of the molecule is Cc1cc2c(cc1N)SCC2. The highest BCUT2D eigenvalue weighted by Gasteiger charge is 2.11. The van der Waals surface area contributed by atoms with E-state index in [9.17, 15) is 0 Å². The summed E-state index contributed by atoms with van der Waals surface area (Å²) in [6.45, 7) is 2.07. The van der Waals surface area contributed by atoms with Crippen molar-refractivity contribution in [1.29, 1.82) is 0 Å². The van der Waals surface area contributed by atoms with Crippen LogP contribution in [-0.2, 0) is 6.42 Å². The van der Waals surface area contributed by atoms with Gasteiger partial charge in [0.25, 0.3) is 0 Å². The van der Waals surface area contributed by atoms with E-state index in [0.717, 1.165) is 5.69 Å². The minimum Gasteiger partial charge on any atom is -0.398 e. The van der Waals surface area contributed by atoms with E-state index in [4.69, 9.17) is 5.73 Å². The van der Waals surface area contributed by atoms with E-state index >= 15 is 0 Å². The molecule has 0 saturated heterocycles. The van der Waals surface area contributed by atoms with Crippen LogP contribution in [0.25, 0.3) is 0 Å². The Morgan fingerprint density at radius 2 is 2.27 bits per heavy atom. The Bertz CT molecular complexity index is 265. The number of aryl methyl sites for hydroxylation is 2. The highest BCUT2D eigenvalue weighted by atomic mass is 32.2. The van der Waals surface area contributed by atoms with E-state index < -0.39 is 0 Å². The molecule has 1 nitrogen and oxygen atoms in total. The van der Waals surface area contributed by atoms with Gasteiger partial charge in [-0.2, -0.15) is 0 Å². The topological polar surface area (TPSA) is 26.0 Å². The zero-order valence-corrected chi connectivity index (χ0v) is 7.37. The molecule has 2 rings (SSSR count). The van der Waals surface area contributed by atoms with Crippen LogP contribution in [0.3, 0.4) is 0 Å². The molecular weight excluding hydrogens is 154 g/mol. The summed E-state index contributed by atoms with van der Waals surface area (Å²) in [5.41, 5.74) is 9.40. The molecule has 0 atom stereocenters. The van der Waals surface area contributed by atoms with E-state index in [2.05, 4.69) is 19.1 Å². The maximum atomic E-state index is 5.78. The average molecular weight is 165 g/mol. The molecular formula is C9H11NS. The molecule has 0 spiro atoms. The Hall–Kier alpha value is -0.630. The average Bonchev–Trinajstić information content (AvgIpc) is 2.36. The standard InChI is InChI=1S/C9H11NS/c1-6-4-7-2-3-11-9(7)5-8(6)10/h4-5H,2-3,10H2,1H3. The van der Waals surface area contributed by atoms with Gasteiger partial charge in [0.1, 0.15) is 0 Å². The number of anilines is 1. The normalized spacial score (nSPS) is 15.0. The molecule has 58 valence electrons.